The zero-order valence-electron chi connectivity index (χ0n) is 8.52. The lowest BCUT2D eigenvalue weighted by atomic mass is 10.5. The van der Waals surface area contributed by atoms with E-state index < -0.39 is 0 Å². The van der Waals surface area contributed by atoms with Crippen molar-refractivity contribution in [2.24, 2.45) is 0 Å². The molecule has 6 nitrogen and oxygen atoms in total. The number of aryl methyl sites for hydroxylation is 2. The second-order valence-electron chi connectivity index (χ2n) is 2.94. The van der Waals surface area contributed by atoms with Gasteiger partial charge >= 0.3 is 0 Å². The Labute approximate surface area is 90.9 Å². The summed E-state index contributed by atoms with van der Waals surface area (Å²) in [6.45, 7) is 3.79. The van der Waals surface area contributed by atoms with Crippen molar-refractivity contribution in [2.75, 3.05) is 0 Å². The molecule has 0 aliphatic rings. The van der Waals surface area contributed by atoms with Crippen LogP contribution in [0.4, 0.5) is 0 Å². The Balaban J connectivity index is 1.93. The number of aromatic amines is 1. The summed E-state index contributed by atoms with van der Waals surface area (Å²) in [5, 5.41) is 11.4. The lowest BCUT2D eigenvalue weighted by Crippen LogP contribution is -1.85. The van der Waals surface area contributed by atoms with Gasteiger partial charge in [0, 0.05) is 13.3 Å². The van der Waals surface area contributed by atoms with Crippen molar-refractivity contribution in [1.29, 1.82) is 0 Å². The van der Waals surface area contributed by atoms with Crippen molar-refractivity contribution >= 4 is 11.8 Å². The summed E-state index contributed by atoms with van der Waals surface area (Å²) in [7, 11) is 0. The minimum Gasteiger partial charge on any atom is -0.340 e. The Morgan fingerprint density at radius 1 is 1.40 bits per heavy atom. The molecular formula is C8H11N5OS. The van der Waals surface area contributed by atoms with Crippen molar-refractivity contribution in [3.8, 4) is 0 Å². The Hall–Kier alpha value is -1.37. The summed E-state index contributed by atoms with van der Waals surface area (Å²) in [4.78, 5) is 8.35. The second-order valence-corrected chi connectivity index (χ2v) is 3.88. The van der Waals surface area contributed by atoms with Gasteiger partial charge in [0.25, 0.3) is 0 Å². The number of aromatic nitrogens is 5. The van der Waals surface area contributed by atoms with Crippen LogP contribution in [0.3, 0.4) is 0 Å². The van der Waals surface area contributed by atoms with Crippen LogP contribution >= 0.6 is 11.8 Å². The topological polar surface area (TPSA) is 80.5 Å². The Morgan fingerprint density at radius 3 is 2.87 bits per heavy atom. The van der Waals surface area contributed by atoms with E-state index in [0.717, 1.165) is 12.2 Å². The molecule has 2 aromatic heterocycles. The third kappa shape index (κ3) is 2.56. The van der Waals surface area contributed by atoms with Gasteiger partial charge in [-0.1, -0.05) is 23.8 Å². The molecule has 0 aliphatic heterocycles. The first-order valence-electron chi connectivity index (χ1n) is 4.61. The molecule has 0 amide bonds. The average Bonchev–Trinajstić information content (AvgIpc) is 2.83. The van der Waals surface area contributed by atoms with E-state index in [1.165, 1.54) is 11.8 Å². The zero-order chi connectivity index (χ0) is 10.7. The van der Waals surface area contributed by atoms with Crippen LogP contribution in [0.1, 0.15) is 24.5 Å². The van der Waals surface area contributed by atoms with Crippen molar-refractivity contribution in [2.45, 2.75) is 31.2 Å². The van der Waals surface area contributed by atoms with Crippen LogP contribution in [0, 0.1) is 6.92 Å². The predicted molar refractivity (Wildman–Crippen MR) is 54.4 cm³/mol. The summed E-state index contributed by atoms with van der Waals surface area (Å²) >= 11 is 1.48. The van der Waals surface area contributed by atoms with Gasteiger partial charge in [0.05, 0.1) is 5.75 Å². The van der Waals surface area contributed by atoms with Gasteiger partial charge in [-0.15, -0.1) is 5.10 Å². The van der Waals surface area contributed by atoms with Crippen molar-refractivity contribution in [1.82, 2.24) is 25.3 Å². The molecule has 0 spiro atoms. The molecule has 15 heavy (non-hydrogen) atoms. The minimum absolute atomic E-state index is 0.579. The highest BCUT2D eigenvalue weighted by Crippen LogP contribution is 2.16. The molecule has 0 bridgehead atoms. The van der Waals surface area contributed by atoms with E-state index in [9.17, 15) is 0 Å². The van der Waals surface area contributed by atoms with Crippen LogP contribution in [-0.4, -0.2) is 25.3 Å². The van der Waals surface area contributed by atoms with E-state index in [1.807, 2.05) is 6.92 Å². The Kier molecular flexibility index (Phi) is 3.00. The summed E-state index contributed by atoms with van der Waals surface area (Å²) in [6.07, 6.45) is 0.856. The maximum atomic E-state index is 4.86. The van der Waals surface area contributed by atoms with Crippen LogP contribution in [0.25, 0.3) is 0 Å². The molecule has 0 radical (unpaired) electrons. The molecule has 0 atom stereocenters. The normalized spacial score (nSPS) is 10.8. The predicted octanol–water partition coefficient (Wildman–Crippen LogP) is 1.35. The van der Waals surface area contributed by atoms with E-state index in [2.05, 4.69) is 25.3 Å². The Morgan fingerprint density at radius 2 is 2.27 bits per heavy atom. The fraction of sp³-hybridized carbons (Fsp3) is 0.500. The van der Waals surface area contributed by atoms with Crippen molar-refractivity contribution < 1.29 is 4.52 Å². The van der Waals surface area contributed by atoms with Gasteiger partial charge in [-0.3, -0.25) is 5.10 Å². The van der Waals surface area contributed by atoms with Crippen LogP contribution in [0.15, 0.2) is 9.68 Å². The maximum Gasteiger partial charge on any atom is 0.223 e. The smallest absolute Gasteiger partial charge is 0.223 e. The molecule has 0 unspecified atom stereocenters. The molecule has 1 N–H and O–H groups in total. The number of hydrogen-bond acceptors (Lipinski definition) is 6. The van der Waals surface area contributed by atoms with E-state index in [0.29, 0.717) is 22.6 Å². The quantitative estimate of drug-likeness (QED) is 0.791. The molecule has 0 saturated carbocycles. The summed E-state index contributed by atoms with van der Waals surface area (Å²) < 4.78 is 4.86. The summed E-state index contributed by atoms with van der Waals surface area (Å²) in [5.41, 5.74) is 0. The molecule has 0 aliphatic carbocycles. The zero-order valence-corrected chi connectivity index (χ0v) is 9.34. The number of rotatable bonds is 4. The number of hydrogen-bond donors (Lipinski definition) is 1. The molecule has 2 rings (SSSR count). The maximum absolute atomic E-state index is 4.86. The number of thioether (sulfide) groups is 1. The van der Waals surface area contributed by atoms with Crippen molar-refractivity contribution in [3.63, 3.8) is 0 Å². The fourth-order valence-electron chi connectivity index (χ4n) is 1.03. The first kappa shape index (κ1) is 10.2. The number of nitrogens with zero attached hydrogens (tertiary/aromatic N) is 4. The molecular weight excluding hydrogens is 214 g/mol. The highest BCUT2D eigenvalue weighted by Gasteiger charge is 2.06. The molecule has 2 heterocycles. The van der Waals surface area contributed by atoms with E-state index in [-0.39, 0.29) is 0 Å². The fourth-order valence-corrected chi connectivity index (χ4v) is 1.69. The van der Waals surface area contributed by atoms with Gasteiger partial charge in [-0.05, 0) is 0 Å². The molecule has 7 heteroatoms. The molecule has 0 aromatic carbocycles. The third-order valence-corrected chi connectivity index (χ3v) is 2.59. The van der Waals surface area contributed by atoms with Crippen LogP contribution in [0.2, 0.25) is 0 Å². The second kappa shape index (κ2) is 4.43. The standard InChI is InChI=1S/C8H11N5OS/c1-3-6-10-8(12-11-6)15-4-7-9-5(2)14-13-7/h3-4H2,1-2H3,(H,10,11,12). The van der Waals surface area contributed by atoms with E-state index in [1.54, 1.807) is 6.92 Å². The van der Waals surface area contributed by atoms with Crippen LogP contribution < -0.4 is 0 Å². The molecule has 2 aromatic rings. The lowest BCUT2D eigenvalue weighted by Gasteiger charge is -1.88. The van der Waals surface area contributed by atoms with E-state index >= 15 is 0 Å². The van der Waals surface area contributed by atoms with Crippen LogP contribution in [0.5, 0.6) is 0 Å². The molecule has 80 valence electrons. The minimum atomic E-state index is 0.579. The van der Waals surface area contributed by atoms with Crippen molar-refractivity contribution in [3.05, 3.63) is 17.5 Å². The van der Waals surface area contributed by atoms with Gasteiger partial charge in [-0.25, -0.2) is 4.98 Å². The summed E-state index contributed by atoms with van der Waals surface area (Å²) in [6, 6.07) is 0. The Bertz CT molecular complexity index is 438. The first-order chi connectivity index (χ1) is 7.28. The SMILES string of the molecule is CCc1nc(SCc2noc(C)n2)n[nH]1. The van der Waals surface area contributed by atoms with Gasteiger partial charge in [-0.2, -0.15) is 4.98 Å². The van der Waals surface area contributed by atoms with Gasteiger partial charge < -0.3 is 4.52 Å². The number of H-pyrrole nitrogens is 1. The van der Waals surface area contributed by atoms with Gasteiger partial charge in [0.2, 0.25) is 11.0 Å². The highest BCUT2D eigenvalue weighted by molar-refractivity contribution is 7.98. The molecule has 0 fully saturated rings. The largest absolute Gasteiger partial charge is 0.340 e. The van der Waals surface area contributed by atoms with E-state index in [4.69, 9.17) is 4.52 Å². The van der Waals surface area contributed by atoms with Crippen LogP contribution in [-0.2, 0) is 12.2 Å². The number of nitrogens with one attached hydrogen (secondary N) is 1. The van der Waals surface area contributed by atoms with Gasteiger partial charge in [0.15, 0.2) is 5.82 Å². The average molecular weight is 225 g/mol. The monoisotopic (exact) mass is 225 g/mol. The third-order valence-electron chi connectivity index (χ3n) is 1.75. The van der Waals surface area contributed by atoms with Gasteiger partial charge in [0.1, 0.15) is 5.82 Å². The summed E-state index contributed by atoms with van der Waals surface area (Å²) in [5.74, 6) is 2.76. The highest BCUT2D eigenvalue weighted by atomic mass is 32.2. The first-order valence-corrected chi connectivity index (χ1v) is 5.59. The lowest BCUT2D eigenvalue weighted by molar-refractivity contribution is 0.389. The molecule has 0 saturated heterocycles.